The molecule has 2 aromatic rings. The van der Waals surface area contributed by atoms with Crippen molar-refractivity contribution in [1.29, 1.82) is 0 Å². The van der Waals surface area contributed by atoms with Crippen molar-refractivity contribution in [2.75, 3.05) is 0 Å². The largest absolute Gasteiger partial charge is 0.264 e. The molecule has 1 aromatic heterocycles. The van der Waals surface area contributed by atoms with Gasteiger partial charge in [0.2, 0.25) is 0 Å². The summed E-state index contributed by atoms with van der Waals surface area (Å²) in [5.41, 5.74) is 9.43. The summed E-state index contributed by atoms with van der Waals surface area (Å²) in [6, 6.07) is 6.07. The zero-order chi connectivity index (χ0) is 11.5. The van der Waals surface area contributed by atoms with Gasteiger partial charge in [-0.15, -0.1) is 0 Å². The maximum absolute atomic E-state index is 8.35. The average Bonchev–Trinajstić information content (AvgIpc) is 2.61. The highest BCUT2D eigenvalue weighted by molar-refractivity contribution is 14.1. The Morgan fingerprint density at radius 3 is 3.19 bits per heavy atom. The molecule has 6 heteroatoms. The maximum Gasteiger partial charge on any atom is 0.0693 e. The number of hydrogen-bond donors (Lipinski definition) is 0. The Balaban J connectivity index is 2.37. The highest BCUT2D eigenvalue weighted by atomic mass is 127. The standard InChI is InChI=1S/C10H10IN5/c1-7(14-15-12)6-16-10-4-9(11)3-2-8(10)5-13-16/h2-5,7H,6H2,1H3. The van der Waals surface area contributed by atoms with Gasteiger partial charge in [-0.05, 0) is 40.3 Å². The maximum atomic E-state index is 8.35. The third kappa shape index (κ3) is 2.28. The van der Waals surface area contributed by atoms with Gasteiger partial charge < -0.3 is 0 Å². The Morgan fingerprint density at radius 1 is 1.62 bits per heavy atom. The second-order valence-electron chi connectivity index (χ2n) is 3.58. The van der Waals surface area contributed by atoms with E-state index in [2.05, 4.69) is 43.8 Å². The fraction of sp³-hybridized carbons (Fsp3) is 0.300. The Morgan fingerprint density at radius 2 is 2.44 bits per heavy atom. The molecule has 0 spiro atoms. The van der Waals surface area contributed by atoms with Crippen LogP contribution in [-0.2, 0) is 6.54 Å². The Hall–Kier alpha value is -1.27. The van der Waals surface area contributed by atoms with Crippen molar-refractivity contribution in [2.24, 2.45) is 5.11 Å². The van der Waals surface area contributed by atoms with E-state index in [4.69, 9.17) is 5.53 Å². The van der Waals surface area contributed by atoms with Gasteiger partial charge in [-0.3, -0.25) is 4.68 Å². The molecular weight excluding hydrogens is 317 g/mol. The van der Waals surface area contributed by atoms with Crippen molar-refractivity contribution in [3.8, 4) is 0 Å². The van der Waals surface area contributed by atoms with Gasteiger partial charge in [-0.1, -0.05) is 18.1 Å². The fourth-order valence-corrected chi connectivity index (χ4v) is 2.04. The van der Waals surface area contributed by atoms with Crippen LogP contribution >= 0.6 is 22.6 Å². The molecule has 0 aliphatic heterocycles. The highest BCUT2D eigenvalue weighted by Gasteiger charge is 2.06. The molecule has 0 bridgehead atoms. The third-order valence-electron chi connectivity index (χ3n) is 2.29. The van der Waals surface area contributed by atoms with Crippen LogP contribution in [0.5, 0.6) is 0 Å². The lowest BCUT2D eigenvalue weighted by Gasteiger charge is -2.06. The molecule has 0 amide bonds. The van der Waals surface area contributed by atoms with Crippen LogP contribution in [0.4, 0.5) is 0 Å². The van der Waals surface area contributed by atoms with Gasteiger partial charge in [-0.25, -0.2) is 0 Å². The second-order valence-corrected chi connectivity index (χ2v) is 4.83. The molecule has 5 nitrogen and oxygen atoms in total. The van der Waals surface area contributed by atoms with Crippen LogP contribution in [-0.4, -0.2) is 15.8 Å². The molecule has 1 aromatic carbocycles. The summed E-state index contributed by atoms with van der Waals surface area (Å²) in [6.07, 6.45) is 1.83. The molecule has 0 saturated carbocycles. The number of aromatic nitrogens is 2. The summed E-state index contributed by atoms with van der Waals surface area (Å²) in [5.74, 6) is 0. The minimum absolute atomic E-state index is 0.0917. The van der Waals surface area contributed by atoms with Gasteiger partial charge in [0.15, 0.2) is 0 Å². The molecular formula is C10H10IN5. The smallest absolute Gasteiger partial charge is 0.0693 e. The average molecular weight is 327 g/mol. The lowest BCUT2D eigenvalue weighted by atomic mass is 10.2. The van der Waals surface area contributed by atoms with E-state index in [-0.39, 0.29) is 6.04 Å². The van der Waals surface area contributed by atoms with Crippen LogP contribution in [0.15, 0.2) is 29.5 Å². The number of benzene rings is 1. The third-order valence-corrected chi connectivity index (χ3v) is 2.96. The molecule has 0 aliphatic rings. The van der Waals surface area contributed by atoms with Crippen molar-refractivity contribution in [3.63, 3.8) is 0 Å². The second kappa shape index (κ2) is 4.71. The Kier molecular flexibility index (Phi) is 3.31. The normalized spacial score (nSPS) is 12.4. The summed E-state index contributed by atoms with van der Waals surface area (Å²) in [4.78, 5) is 2.80. The van der Waals surface area contributed by atoms with Gasteiger partial charge in [0.1, 0.15) is 0 Å². The lowest BCUT2D eigenvalue weighted by molar-refractivity contribution is 0.551. The molecule has 0 N–H and O–H groups in total. The Labute approximate surface area is 106 Å². The van der Waals surface area contributed by atoms with Crippen molar-refractivity contribution >= 4 is 33.5 Å². The highest BCUT2D eigenvalue weighted by Crippen LogP contribution is 2.17. The van der Waals surface area contributed by atoms with E-state index in [1.54, 1.807) is 0 Å². The first-order valence-electron chi connectivity index (χ1n) is 4.86. The van der Waals surface area contributed by atoms with Gasteiger partial charge in [0.25, 0.3) is 0 Å². The summed E-state index contributed by atoms with van der Waals surface area (Å²) in [6.45, 7) is 2.48. The van der Waals surface area contributed by atoms with E-state index in [0.29, 0.717) is 6.54 Å². The minimum atomic E-state index is -0.0917. The van der Waals surface area contributed by atoms with E-state index in [1.807, 2.05) is 29.9 Å². The topological polar surface area (TPSA) is 66.6 Å². The SMILES string of the molecule is CC(Cn1ncc2ccc(I)cc21)N=[N+]=[N-]. The predicted molar refractivity (Wildman–Crippen MR) is 71.1 cm³/mol. The molecule has 16 heavy (non-hydrogen) atoms. The van der Waals surface area contributed by atoms with E-state index in [1.165, 1.54) is 3.57 Å². The van der Waals surface area contributed by atoms with Crippen LogP contribution in [0.3, 0.4) is 0 Å². The first-order valence-corrected chi connectivity index (χ1v) is 5.94. The number of fused-ring (bicyclic) bond motifs is 1. The van der Waals surface area contributed by atoms with E-state index in [9.17, 15) is 0 Å². The molecule has 1 atom stereocenters. The summed E-state index contributed by atoms with van der Waals surface area (Å²) >= 11 is 2.27. The van der Waals surface area contributed by atoms with Crippen molar-refractivity contribution in [2.45, 2.75) is 19.5 Å². The van der Waals surface area contributed by atoms with Gasteiger partial charge in [0.05, 0.1) is 17.8 Å². The molecule has 0 fully saturated rings. The van der Waals surface area contributed by atoms with Crippen LogP contribution in [0.2, 0.25) is 0 Å². The Bertz CT molecular complexity index is 555. The van der Waals surface area contributed by atoms with E-state index in [0.717, 1.165) is 10.9 Å². The first-order chi connectivity index (χ1) is 7.70. The minimum Gasteiger partial charge on any atom is -0.264 e. The monoisotopic (exact) mass is 327 g/mol. The number of rotatable bonds is 3. The molecule has 1 unspecified atom stereocenters. The van der Waals surface area contributed by atoms with Gasteiger partial charge in [-0.2, -0.15) is 5.10 Å². The summed E-state index contributed by atoms with van der Waals surface area (Å²) < 4.78 is 3.04. The molecule has 1 heterocycles. The fourth-order valence-electron chi connectivity index (χ4n) is 1.56. The molecule has 0 radical (unpaired) electrons. The number of azide groups is 1. The number of hydrogen-bond acceptors (Lipinski definition) is 2. The molecule has 0 aliphatic carbocycles. The molecule has 2 rings (SSSR count). The van der Waals surface area contributed by atoms with Crippen molar-refractivity contribution < 1.29 is 0 Å². The number of nitrogens with zero attached hydrogens (tertiary/aromatic N) is 5. The van der Waals surface area contributed by atoms with Crippen molar-refractivity contribution in [3.05, 3.63) is 38.4 Å². The first kappa shape index (κ1) is 11.2. The quantitative estimate of drug-likeness (QED) is 0.369. The van der Waals surface area contributed by atoms with E-state index < -0.39 is 0 Å². The van der Waals surface area contributed by atoms with E-state index >= 15 is 0 Å². The lowest BCUT2D eigenvalue weighted by Crippen LogP contribution is -2.10. The summed E-state index contributed by atoms with van der Waals surface area (Å²) in [7, 11) is 0. The van der Waals surface area contributed by atoms with Crippen LogP contribution in [0.25, 0.3) is 21.3 Å². The van der Waals surface area contributed by atoms with Gasteiger partial charge in [0, 0.05) is 20.4 Å². The summed E-state index contributed by atoms with van der Waals surface area (Å²) in [5, 5.41) is 9.04. The molecule has 0 saturated heterocycles. The zero-order valence-corrected chi connectivity index (χ0v) is 10.9. The number of halogens is 1. The van der Waals surface area contributed by atoms with Crippen LogP contribution < -0.4 is 0 Å². The molecule has 82 valence electrons. The zero-order valence-electron chi connectivity index (χ0n) is 8.71. The van der Waals surface area contributed by atoms with Crippen LogP contribution in [0, 0.1) is 3.57 Å². The predicted octanol–water partition coefficient (Wildman–Crippen LogP) is 3.34. The van der Waals surface area contributed by atoms with Crippen LogP contribution in [0.1, 0.15) is 6.92 Å². The van der Waals surface area contributed by atoms with Crippen molar-refractivity contribution in [1.82, 2.24) is 9.78 Å². The van der Waals surface area contributed by atoms with Gasteiger partial charge >= 0.3 is 0 Å².